The topological polar surface area (TPSA) is 111 Å². The van der Waals surface area contributed by atoms with Crippen molar-refractivity contribution in [3.63, 3.8) is 0 Å². The van der Waals surface area contributed by atoms with Crippen molar-refractivity contribution in [1.29, 1.82) is 0 Å². The Bertz CT molecular complexity index is 1930. The van der Waals surface area contributed by atoms with Crippen LogP contribution in [0.2, 0.25) is 0 Å². The molecule has 0 aromatic heterocycles. The predicted octanol–water partition coefficient (Wildman–Crippen LogP) is 28.2. The van der Waals surface area contributed by atoms with E-state index in [1.807, 2.05) is 21.1 Å². The molecule has 0 aromatic rings. The summed E-state index contributed by atoms with van der Waals surface area (Å²) in [7, 11) is 5.96. The van der Waals surface area contributed by atoms with Gasteiger partial charge in [0.25, 0.3) is 0 Å². The van der Waals surface area contributed by atoms with Crippen LogP contribution in [0.15, 0.2) is 72.9 Å². The van der Waals surface area contributed by atoms with Gasteiger partial charge in [0.1, 0.15) is 13.2 Å². The summed E-state index contributed by atoms with van der Waals surface area (Å²) in [5.41, 5.74) is 0. The molecule has 602 valence electrons. The van der Waals surface area contributed by atoms with Gasteiger partial charge in [-0.25, -0.2) is 0 Å². The number of hydrogen-bond acceptors (Lipinski definition) is 8. The molecule has 0 N–H and O–H groups in total. The lowest BCUT2D eigenvalue weighted by Crippen LogP contribution is -2.44. The fourth-order valence-corrected chi connectivity index (χ4v) is 13.7. The summed E-state index contributed by atoms with van der Waals surface area (Å²) in [6.07, 6.45) is 112. The second kappa shape index (κ2) is 84.4. The third-order valence-electron chi connectivity index (χ3n) is 20.5. The quantitative estimate of drug-likeness (QED) is 0.0195. The molecule has 0 heterocycles. The zero-order valence-electron chi connectivity index (χ0n) is 69.2. The molecule has 0 fully saturated rings. The molecule has 0 spiro atoms. The molecule has 0 rings (SSSR count). The smallest absolute Gasteiger partial charge is 0.306 e. The van der Waals surface area contributed by atoms with E-state index < -0.39 is 24.3 Å². The van der Waals surface area contributed by atoms with Crippen LogP contribution in [0.4, 0.5) is 0 Å². The molecule has 0 bridgehead atoms. The number of allylic oxidation sites excluding steroid dienone is 12. The van der Waals surface area contributed by atoms with Crippen LogP contribution in [-0.4, -0.2) is 82.3 Å². The zero-order chi connectivity index (χ0) is 74.6. The summed E-state index contributed by atoms with van der Waals surface area (Å²) < 4.78 is 22.9. The molecular formula is C94H173NO8. The number of carbonyl (C=O) groups is 3. The van der Waals surface area contributed by atoms with Crippen LogP contribution in [0.25, 0.3) is 0 Å². The fourth-order valence-electron chi connectivity index (χ4n) is 13.7. The van der Waals surface area contributed by atoms with Crippen molar-refractivity contribution >= 4 is 17.9 Å². The van der Waals surface area contributed by atoms with E-state index in [0.29, 0.717) is 17.4 Å². The van der Waals surface area contributed by atoms with Crippen molar-refractivity contribution in [3.8, 4) is 0 Å². The Labute approximate surface area is 640 Å². The number of esters is 2. The highest BCUT2D eigenvalue weighted by atomic mass is 16.7. The molecule has 0 radical (unpaired) electrons. The highest BCUT2D eigenvalue weighted by molar-refractivity contribution is 5.70. The van der Waals surface area contributed by atoms with E-state index in [1.165, 1.54) is 347 Å². The number of quaternary nitrogens is 1. The van der Waals surface area contributed by atoms with Crippen molar-refractivity contribution in [2.45, 2.75) is 463 Å². The summed E-state index contributed by atoms with van der Waals surface area (Å²) in [6.45, 7) is 4.72. The highest BCUT2D eigenvalue weighted by Gasteiger charge is 2.22. The molecule has 9 heteroatoms. The zero-order valence-corrected chi connectivity index (χ0v) is 69.2. The number of ether oxygens (including phenoxy) is 4. The van der Waals surface area contributed by atoms with Crippen LogP contribution < -0.4 is 5.11 Å². The summed E-state index contributed by atoms with van der Waals surface area (Å²) in [6, 6.07) is 0. The van der Waals surface area contributed by atoms with Crippen molar-refractivity contribution in [2.24, 2.45) is 0 Å². The van der Waals surface area contributed by atoms with E-state index in [4.69, 9.17) is 18.9 Å². The van der Waals surface area contributed by atoms with Crippen LogP contribution in [0.3, 0.4) is 0 Å². The summed E-state index contributed by atoms with van der Waals surface area (Å²) in [5.74, 6) is -2.25. The minimum Gasteiger partial charge on any atom is -0.545 e. The van der Waals surface area contributed by atoms with Gasteiger partial charge in [0.15, 0.2) is 12.4 Å². The Morgan fingerprint density at radius 3 is 0.825 bits per heavy atom. The second-order valence-corrected chi connectivity index (χ2v) is 31.9. The second-order valence-electron chi connectivity index (χ2n) is 31.9. The molecule has 0 aromatic carbocycles. The van der Waals surface area contributed by atoms with Gasteiger partial charge in [-0.05, 0) is 64.2 Å². The molecule has 2 unspecified atom stereocenters. The molecule has 2 atom stereocenters. The Morgan fingerprint density at radius 2 is 0.553 bits per heavy atom. The minimum absolute atomic E-state index is 0.150. The van der Waals surface area contributed by atoms with E-state index in [0.717, 1.165) is 77.0 Å². The molecule has 0 aliphatic rings. The Morgan fingerprint density at radius 1 is 0.301 bits per heavy atom. The molecule has 0 amide bonds. The third-order valence-corrected chi connectivity index (χ3v) is 20.5. The maximum atomic E-state index is 13.0. The van der Waals surface area contributed by atoms with E-state index in [-0.39, 0.29) is 32.2 Å². The predicted molar refractivity (Wildman–Crippen MR) is 445 cm³/mol. The van der Waals surface area contributed by atoms with Gasteiger partial charge < -0.3 is 33.3 Å². The number of rotatable bonds is 85. The lowest BCUT2D eigenvalue weighted by Gasteiger charge is -2.26. The molecule has 0 saturated carbocycles. The molecule has 0 saturated heterocycles. The average Bonchev–Trinajstić information content (AvgIpc) is 1.01. The SMILES string of the molecule is CC/C=C\C/C=C\C/C=C\C/C=C\C/C=C\C/C=C\CCCCCCCCCCCCCCCCCCCCCCCCC(=O)OC(COC(=O)CCCCCCCCCCCCCCCCCCCCCCCCCCCCCCCCCCCCCCC)COC(OCC[N+](C)(C)C)C(=O)[O-]. The minimum atomic E-state index is -1.62. The van der Waals surface area contributed by atoms with Crippen molar-refractivity contribution in [1.82, 2.24) is 0 Å². The number of carboxylic acids is 1. The van der Waals surface area contributed by atoms with Crippen LogP contribution >= 0.6 is 0 Å². The summed E-state index contributed by atoms with van der Waals surface area (Å²) in [4.78, 5) is 37.7. The van der Waals surface area contributed by atoms with Gasteiger partial charge in [0.2, 0.25) is 0 Å². The normalized spacial score (nSPS) is 12.9. The monoisotopic (exact) mass is 1440 g/mol. The number of unbranched alkanes of at least 4 members (excludes halogenated alkanes) is 58. The number of hydrogen-bond donors (Lipinski definition) is 0. The number of carboxylic acid groups (broad SMARTS) is 1. The molecule has 103 heavy (non-hydrogen) atoms. The van der Waals surface area contributed by atoms with Gasteiger partial charge in [-0.15, -0.1) is 0 Å². The molecule has 0 aliphatic heterocycles. The molecule has 0 aliphatic carbocycles. The Kier molecular flexibility index (Phi) is 81.7. The standard InChI is InChI=1S/C94H173NO8/c1-6-8-10-12-14-16-18-20-22-24-26-28-30-32-34-36-38-40-42-44-45-46-47-49-51-53-55-57-59-61-63-65-67-69-71-73-75-77-79-81-83-85-92(97)103-90(89-102-94(93(98)99)100-87-86-95(3,4)5)88-101-91(96)84-82-80-78-76-74-72-70-68-66-64-62-60-58-56-54-52-50-48-43-41-39-37-35-33-31-29-27-25-23-21-19-17-15-13-11-9-7-2/h8,10,14,16,20,22,26,28,32,34,38,40,90,94H,6-7,9,11-13,15,17-19,21,23-25,27,29-31,33,35-37,39,41-89H2,1-5H3/b10-8-,16-14-,22-20-,28-26-,34-32-,40-38-. The van der Waals surface area contributed by atoms with Crippen LogP contribution in [0.5, 0.6) is 0 Å². The van der Waals surface area contributed by atoms with Crippen molar-refractivity contribution < 1.29 is 42.9 Å². The van der Waals surface area contributed by atoms with E-state index in [1.54, 1.807) is 0 Å². The van der Waals surface area contributed by atoms with Crippen LogP contribution in [0.1, 0.15) is 450 Å². The van der Waals surface area contributed by atoms with E-state index in [2.05, 4.69) is 86.8 Å². The van der Waals surface area contributed by atoms with Crippen molar-refractivity contribution in [2.75, 3.05) is 47.5 Å². The van der Waals surface area contributed by atoms with Gasteiger partial charge >= 0.3 is 11.9 Å². The number of likely N-dealkylation sites (N-methyl/N-ethyl adjacent to an activating group) is 1. The van der Waals surface area contributed by atoms with Gasteiger partial charge in [0.05, 0.1) is 40.3 Å². The van der Waals surface area contributed by atoms with E-state index >= 15 is 0 Å². The van der Waals surface area contributed by atoms with Crippen molar-refractivity contribution in [3.05, 3.63) is 72.9 Å². The maximum Gasteiger partial charge on any atom is 0.306 e. The van der Waals surface area contributed by atoms with Gasteiger partial charge in [-0.3, -0.25) is 9.59 Å². The highest BCUT2D eigenvalue weighted by Crippen LogP contribution is 2.21. The largest absolute Gasteiger partial charge is 0.545 e. The number of carbonyl (C=O) groups excluding carboxylic acids is 3. The van der Waals surface area contributed by atoms with Gasteiger partial charge in [0, 0.05) is 12.8 Å². The Balaban J connectivity index is 3.91. The van der Waals surface area contributed by atoms with E-state index in [9.17, 15) is 19.5 Å². The number of nitrogens with zero attached hydrogens (tertiary/aromatic N) is 1. The first-order valence-corrected chi connectivity index (χ1v) is 45.1. The first-order valence-electron chi connectivity index (χ1n) is 45.1. The van der Waals surface area contributed by atoms with Gasteiger partial charge in [-0.2, -0.15) is 0 Å². The summed E-state index contributed by atoms with van der Waals surface area (Å²) in [5, 5.41) is 11.9. The third kappa shape index (κ3) is 85.9. The average molecular weight is 1450 g/mol. The molecule has 9 nitrogen and oxygen atoms in total. The maximum absolute atomic E-state index is 13.0. The van der Waals surface area contributed by atoms with Crippen LogP contribution in [-0.2, 0) is 33.3 Å². The lowest BCUT2D eigenvalue weighted by molar-refractivity contribution is -0.870. The lowest BCUT2D eigenvalue weighted by atomic mass is 10.0. The van der Waals surface area contributed by atoms with Gasteiger partial charge in [-0.1, -0.05) is 446 Å². The summed E-state index contributed by atoms with van der Waals surface area (Å²) >= 11 is 0. The first kappa shape index (κ1) is 99.7. The van der Waals surface area contributed by atoms with Crippen LogP contribution in [0, 0.1) is 0 Å². The number of aliphatic carboxylic acids is 1. The first-order chi connectivity index (χ1) is 50.6. The Hall–Kier alpha value is -3.27. The molecular weight excluding hydrogens is 1270 g/mol. The fraction of sp³-hybridized carbons (Fsp3) is 0.840.